The molecule has 2 nitrogen and oxygen atoms in total. The molecule has 0 aliphatic carbocycles. The average Bonchev–Trinajstić information content (AvgIpc) is 2.47. The number of rotatable bonds is 5. The first-order chi connectivity index (χ1) is 9.61. The summed E-state index contributed by atoms with van der Waals surface area (Å²) >= 11 is 1.67. The molecule has 0 heterocycles. The van der Waals surface area contributed by atoms with E-state index in [2.05, 4.69) is 12.1 Å². The Morgan fingerprint density at radius 3 is 2.45 bits per heavy atom. The van der Waals surface area contributed by atoms with Crippen molar-refractivity contribution in [1.82, 2.24) is 0 Å². The maximum Gasteiger partial charge on any atom is 0.122 e. The third-order valence-corrected chi connectivity index (χ3v) is 4.38. The third kappa shape index (κ3) is 3.56. The van der Waals surface area contributed by atoms with Crippen LogP contribution in [0, 0.1) is 13.8 Å². The lowest BCUT2D eigenvalue weighted by atomic mass is 10.0. The minimum absolute atomic E-state index is 0.468. The van der Waals surface area contributed by atoms with Gasteiger partial charge in [0, 0.05) is 10.6 Å². The number of ether oxygens (including phenoxy) is 1. The second-order valence-corrected chi connectivity index (χ2v) is 5.91. The van der Waals surface area contributed by atoms with E-state index in [0.29, 0.717) is 5.75 Å². The fourth-order valence-electron chi connectivity index (χ4n) is 2.17. The molecule has 1 unspecified atom stereocenters. The van der Waals surface area contributed by atoms with Crippen LogP contribution in [0.1, 0.15) is 22.8 Å². The van der Waals surface area contributed by atoms with Gasteiger partial charge in [0.05, 0.1) is 13.2 Å². The van der Waals surface area contributed by atoms with Crippen LogP contribution < -0.4 is 4.74 Å². The summed E-state index contributed by atoms with van der Waals surface area (Å²) < 4.78 is 5.30. The van der Waals surface area contributed by atoms with E-state index in [1.165, 1.54) is 4.90 Å². The maximum atomic E-state index is 10.4. The van der Waals surface area contributed by atoms with Crippen molar-refractivity contribution in [2.45, 2.75) is 24.8 Å². The molecule has 0 saturated heterocycles. The van der Waals surface area contributed by atoms with Crippen LogP contribution in [0.4, 0.5) is 0 Å². The van der Waals surface area contributed by atoms with Crippen molar-refractivity contribution in [2.24, 2.45) is 0 Å². The fraction of sp³-hybridized carbons (Fsp3) is 0.294. The highest BCUT2D eigenvalue weighted by atomic mass is 32.2. The lowest BCUT2D eigenvalue weighted by molar-refractivity contribution is 0.203. The predicted octanol–water partition coefficient (Wildman–Crippen LogP) is 4.14. The van der Waals surface area contributed by atoms with Crippen LogP contribution in [0.15, 0.2) is 47.4 Å². The van der Waals surface area contributed by atoms with E-state index in [9.17, 15) is 5.11 Å². The first kappa shape index (κ1) is 14.9. The predicted molar refractivity (Wildman–Crippen MR) is 84.6 cm³/mol. The van der Waals surface area contributed by atoms with Gasteiger partial charge in [-0.2, -0.15) is 0 Å². The van der Waals surface area contributed by atoms with Gasteiger partial charge in [0.2, 0.25) is 0 Å². The second kappa shape index (κ2) is 6.82. The Kier molecular flexibility index (Phi) is 5.10. The smallest absolute Gasteiger partial charge is 0.122 e. The van der Waals surface area contributed by atoms with E-state index in [1.807, 2.05) is 44.2 Å². The monoisotopic (exact) mass is 288 g/mol. The minimum atomic E-state index is -0.468. The van der Waals surface area contributed by atoms with Crippen molar-refractivity contribution in [1.29, 1.82) is 0 Å². The average molecular weight is 288 g/mol. The molecular formula is C17H20O2S. The highest BCUT2D eigenvalue weighted by molar-refractivity contribution is 7.99. The van der Waals surface area contributed by atoms with E-state index in [4.69, 9.17) is 4.74 Å². The molecule has 3 heteroatoms. The normalized spacial score (nSPS) is 12.2. The minimum Gasteiger partial charge on any atom is -0.496 e. The van der Waals surface area contributed by atoms with Crippen LogP contribution in [-0.4, -0.2) is 18.0 Å². The summed E-state index contributed by atoms with van der Waals surface area (Å²) in [7, 11) is 1.67. The maximum absolute atomic E-state index is 10.4. The van der Waals surface area contributed by atoms with E-state index < -0.39 is 6.10 Å². The summed E-state index contributed by atoms with van der Waals surface area (Å²) in [6.07, 6.45) is -0.468. The molecule has 0 saturated carbocycles. The summed E-state index contributed by atoms with van der Waals surface area (Å²) in [5, 5.41) is 10.4. The van der Waals surface area contributed by atoms with Crippen LogP contribution in [-0.2, 0) is 0 Å². The molecule has 0 radical (unpaired) electrons. The zero-order valence-corrected chi connectivity index (χ0v) is 12.9. The quantitative estimate of drug-likeness (QED) is 0.839. The van der Waals surface area contributed by atoms with Crippen molar-refractivity contribution in [3.05, 3.63) is 59.2 Å². The topological polar surface area (TPSA) is 29.5 Å². The van der Waals surface area contributed by atoms with Gasteiger partial charge < -0.3 is 9.84 Å². The van der Waals surface area contributed by atoms with Gasteiger partial charge in [-0.05, 0) is 54.8 Å². The molecule has 106 valence electrons. The Bertz CT molecular complexity index is 567. The number of aryl methyl sites for hydroxylation is 2. The molecule has 2 aromatic rings. The Labute approximate surface area is 124 Å². The molecule has 2 rings (SSSR count). The summed E-state index contributed by atoms with van der Waals surface area (Å²) in [6.45, 7) is 4.01. The molecule has 0 aliphatic rings. The first-order valence-electron chi connectivity index (χ1n) is 6.63. The zero-order chi connectivity index (χ0) is 14.5. The third-order valence-electron chi connectivity index (χ3n) is 3.29. The van der Waals surface area contributed by atoms with Gasteiger partial charge >= 0.3 is 0 Å². The molecule has 0 amide bonds. The lowest BCUT2D eigenvalue weighted by Gasteiger charge is -2.16. The van der Waals surface area contributed by atoms with E-state index in [1.54, 1.807) is 18.9 Å². The summed E-state index contributed by atoms with van der Waals surface area (Å²) in [6, 6.07) is 14.1. The molecular weight excluding hydrogens is 268 g/mol. The number of hydrogen-bond donors (Lipinski definition) is 1. The number of thioether (sulfide) groups is 1. The molecule has 20 heavy (non-hydrogen) atoms. The number of methoxy groups -OCH3 is 1. The first-order valence-corrected chi connectivity index (χ1v) is 7.61. The second-order valence-electron chi connectivity index (χ2n) is 4.82. The molecule has 1 atom stereocenters. The van der Waals surface area contributed by atoms with Crippen LogP contribution in [0.5, 0.6) is 5.75 Å². The largest absolute Gasteiger partial charge is 0.496 e. The number of aliphatic hydroxyl groups excluding tert-OH is 1. The SMILES string of the molecule is COc1cc(C)c(C(O)CSc2ccccc2)cc1C. The van der Waals surface area contributed by atoms with E-state index >= 15 is 0 Å². The molecule has 0 spiro atoms. The van der Waals surface area contributed by atoms with Gasteiger partial charge in [-0.1, -0.05) is 18.2 Å². The van der Waals surface area contributed by atoms with Gasteiger partial charge in [-0.25, -0.2) is 0 Å². The molecule has 1 N–H and O–H groups in total. The van der Waals surface area contributed by atoms with Crippen LogP contribution >= 0.6 is 11.8 Å². The molecule has 0 fully saturated rings. The van der Waals surface area contributed by atoms with Gasteiger partial charge in [0.15, 0.2) is 0 Å². The fourth-order valence-corrected chi connectivity index (χ4v) is 3.05. The van der Waals surface area contributed by atoms with Gasteiger partial charge in [0.25, 0.3) is 0 Å². The van der Waals surface area contributed by atoms with E-state index in [0.717, 1.165) is 22.4 Å². The van der Waals surface area contributed by atoms with Gasteiger partial charge in [0.1, 0.15) is 5.75 Å². The Morgan fingerprint density at radius 1 is 1.10 bits per heavy atom. The number of hydrogen-bond acceptors (Lipinski definition) is 3. The molecule has 0 aromatic heterocycles. The lowest BCUT2D eigenvalue weighted by Crippen LogP contribution is -2.04. The number of aliphatic hydroxyl groups is 1. The number of benzene rings is 2. The van der Waals surface area contributed by atoms with Crippen molar-refractivity contribution in [2.75, 3.05) is 12.9 Å². The molecule has 2 aromatic carbocycles. The van der Waals surface area contributed by atoms with Crippen molar-refractivity contribution < 1.29 is 9.84 Å². The highest BCUT2D eigenvalue weighted by Gasteiger charge is 2.13. The van der Waals surface area contributed by atoms with Crippen molar-refractivity contribution >= 4 is 11.8 Å². The van der Waals surface area contributed by atoms with Crippen LogP contribution in [0.2, 0.25) is 0 Å². The van der Waals surface area contributed by atoms with Crippen LogP contribution in [0.25, 0.3) is 0 Å². The standard InChI is InChI=1S/C17H20O2S/c1-12-10-17(19-3)13(2)9-15(12)16(18)11-20-14-7-5-4-6-8-14/h4-10,16,18H,11H2,1-3H3. The summed E-state index contributed by atoms with van der Waals surface area (Å²) in [4.78, 5) is 1.18. The summed E-state index contributed by atoms with van der Waals surface area (Å²) in [5.41, 5.74) is 3.09. The molecule has 0 bridgehead atoms. The Hall–Kier alpha value is -1.45. The van der Waals surface area contributed by atoms with E-state index in [-0.39, 0.29) is 0 Å². The summed E-state index contributed by atoms with van der Waals surface area (Å²) in [5.74, 6) is 1.52. The van der Waals surface area contributed by atoms with Crippen molar-refractivity contribution in [3.63, 3.8) is 0 Å². The highest BCUT2D eigenvalue weighted by Crippen LogP contribution is 2.30. The van der Waals surface area contributed by atoms with Gasteiger partial charge in [-0.3, -0.25) is 0 Å². The van der Waals surface area contributed by atoms with Gasteiger partial charge in [-0.15, -0.1) is 11.8 Å². The Balaban J connectivity index is 2.09. The Morgan fingerprint density at radius 2 is 1.80 bits per heavy atom. The van der Waals surface area contributed by atoms with Crippen LogP contribution in [0.3, 0.4) is 0 Å². The zero-order valence-electron chi connectivity index (χ0n) is 12.1. The molecule has 0 aliphatic heterocycles. The van der Waals surface area contributed by atoms with Crippen molar-refractivity contribution in [3.8, 4) is 5.75 Å².